The molecule has 0 radical (unpaired) electrons. The van der Waals surface area contributed by atoms with E-state index in [1.807, 2.05) is 13.8 Å². The minimum absolute atomic E-state index is 0.141. The zero-order chi connectivity index (χ0) is 13.8. The second-order valence-electron chi connectivity index (χ2n) is 4.66. The Hall–Kier alpha value is -1.07. The molecule has 0 spiro atoms. The molecule has 1 atom stereocenters. The number of aliphatic hydroxyl groups is 1. The second-order valence-corrected chi connectivity index (χ2v) is 4.66. The molecule has 1 aromatic rings. The first-order valence-corrected chi connectivity index (χ1v) is 5.86. The third-order valence-corrected chi connectivity index (χ3v) is 2.60. The van der Waals surface area contributed by atoms with E-state index in [1.54, 1.807) is 0 Å². The minimum atomic E-state index is -4.32. The third kappa shape index (κ3) is 4.31. The fourth-order valence-electron chi connectivity index (χ4n) is 1.57. The van der Waals surface area contributed by atoms with Crippen molar-refractivity contribution >= 4 is 0 Å². The normalized spacial score (nSPS) is 13.9. The summed E-state index contributed by atoms with van der Waals surface area (Å²) < 4.78 is 37.2. The molecule has 2 N–H and O–H groups in total. The molecule has 2 nitrogen and oxygen atoms in total. The summed E-state index contributed by atoms with van der Waals surface area (Å²) in [5.74, 6) is 0.411. The Morgan fingerprint density at radius 1 is 1.17 bits per heavy atom. The molecule has 0 bridgehead atoms. The van der Waals surface area contributed by atoms with Gasteiger partial charge in [-0.05, 0) is 30.2 Å². The van der Waals surface area contributed by atoms with Crippen molar-refractivity contribution in [2.75, 3.05) is 13.2 Å². The van der Waals surface area contributed by atoms with E-state index in [0.717, 1.165) is 12.1 Å². The molecule has 0 amide bonds. The van der Waals surface area contributed by atoms with Crippen molar-refractivity contribution in [3.63, 3.8) is 0 Å². The molecule has 5 heteroatoms. The number of nitrogens with one attached hydrogen (secondary N) is 1. The zero-order valence-corrected chi connectivity index (χ0v) is 10.5. The van der Waals surface area contributed by atoms with Gasteiger partial charge in [0.1, 0.15) is 0 Å². The van der Waals surface area contributed by atoms with Gasteiger partial charge in [0.25, 0.3) is 0 Å². The lowest BCUT2D eigenvalue weighted by molar-refractivity contribution is -0.137. The SMILES string of the molecule is CC(C)CNC(CO)c1ccc(C(F)(F)F)cc1. The first-order valence-electron chi connectivity index (χ1n) is 5.86. The molecule has 0 heterocycles. The fourth-order valence-corrected chi connectivity index (χ4v) is 1.57. The van der Waals surface area contributed by atoms with Gasteiger partial charge in [0.15, 0.2) is 0 Å². The average molecular weight is 261 g/mol. The van der Waals surface area contributed by atoms with Crippen molar-refractivity contribution in [1.82, 2.24) is 5.32 Å². The predicted molar refractivity (Wildman–Crippen MR) is 64.1 cm³/mol. The summed E-state index contributed by atoms with van der Waals surface area (Å²) in [6.07, 6.45) is -4.32. The standard InChI is InChI=1S/C13H18F3NO/c1-9(2)7-17-12(8-18)10-3-5-11(6-4-10)13(14,15)16/h3-6,9,12,17-18H,7-8H2,1-2H3. The van der Waals surface area contributed by atoms with Gasteiger partial charge in [-0.2, -0.15) is 13.2 Å². The molecule has 0 aliphatic heterocycles. The van der Waals surface area contributed by atoms with Crippen LogP contribution in [-0.2, 0) is 6.18 Å². The zero-order valence-electron chi connectivity index (χ0n) is 10.5. The van der Waals surface area contributed by atoms with Gasteiger partial charge < -0.3 is 10.4 Å². The average Bonchev–Trinajstić information content (AvgIpc) is 2.29. The molecule has 0 saturated carbocycles. The first-order chi connectivity index (χ1) is 8.34. The topological polar surface area (TPSA) is 32.3 Å². The molecular weight excluding hydrogens is 243 g/mol. The number of benzene rings is 1. The molecule has 18 heavy (non-hydrogen) atoms. The van der Waals surface area contributed by atoms with Crippen molar-refractivity contribution in [2.24, 2.45) is 5.92 Å². The number of alkyl halides is 3. The van der Waals surface area contributed by atoms with Crippen molar-refractivity contribution in [1.29, 1.82) is 0 Å². The highest BCUT2D eigenvalue weighted by Crippen LogP contribution is 2.29. The molecule has 0 saturated heterocycles. The van der Waals surface area contributed by atoms with Crippen LogP contribution in [0, 0.1) is 5.92 Å². The highest BCUT2D eigenvalue weighted by atomic mass is 19.4. The van der Waals surface area contributed by atoms with Gasteiger partial charge in [-0.1, -0.05) is 26.0 Å². The van der Waals surface area contributed by atoms with Crippen LogP contribution in [0.3, 0.4) is 0 Å². The number of rotatable bonds is 5. The molecule has 1 aromatic carbocycles. The number of hydrogen-bond acceptors (Lipinski definition) is 2. The van der Waals surface area contributed by atoms with Crippen LogP contribution in [0.4, 0.5) is 13.2 Å². The van der Waals surface area contributed by atoms with E-state index < -0.39 is 11.7 Å². The van der Waals surface area contributed by atoms with Crippen LogP contribution in [0.25, 0.3) is 0 Å². The van der Waals surface area contributed by atoms with E-state index in [2.05, 4.69) is 5.32 Å². The van der Waals surface area contributed by atoms with Crippen LogP contribution < -0.4 is 5.32 Å². The Bertz CT molecular complexity index is 359. The van der Waals surface area contributed by atoms with Crippen LogP contribution in [0.5, 0.6) is 0 Å². The Labute approximate surface area is 105 Å². The first kappa shape index (κ1) is 15.0. The highest BCUT2D eigenvalue weighted by Gasteiger charge is 2.30. The quantitative estimate of drug-likeness (QED) is 0.854. The van der Waals surface area contributed by atoms with E-state index in [9.17, 15) is 18.3 Å². The van der Waals surface area contributed by atoms with Gasteiger partial charge in [-0.15, -0.1) is 0 Å². The molecule has 1 rings (SSSR count). The molecule has 0 fully saturated rings. The maximum absolute atomic E-state index is 12.4. The van der Waals surface area contributed by atoms with E-state index >= 15 is 0 Å². The molecule has 102 valence electrons. The molecule has 1 unspecified atom stereocenters. The van der Waals surface area contributed by atoms with Crippen LogP contribution >= 0.6 is 0 Å². The Morgan fingerprint density at radius 2 is 1.72 bits per heavy atom. The molecule has 0 aliphatic rings. The summed E-state index contributed by atoms with van der Waals surface area (Å²) in [5.41, 5.74) is -0.0158. The molecular formula is C13H18F3NO. The summed E-state index contributed by atoms with van der Waals surface area (Å²) in [4.78, 5) is 0. The third-order valence-electron chi connectivity index (χ3n) is 2.60. The monoisotopic (exact) mass is 261 g/mol. The van der Waals surface area contributed by atoms with E-state index in [1.165, 1.54) is 12.1 Å². The maximum Gasteiger partial charge on any atom is 0.416 e. The lowest BCUT2D eigenvalue weighted by Gasteiger charge is -2.18. The Balaban J connectivity index is 2.76. The molecule has 0 aromatic heterocycles. The summed E-state index contributed by atoms with van der Waals surface area (Å²) in [7, 11) is 0. The van der Waals surface area contributed by atoms with Crippen LogP contribution in [0.1, 0.15) is 31.0 Å². The number of aliphatic hydroxyl groups excluding tert-OH is 1. The minimum Gasteiger partial charge on any atom is -0.394 e. The summed E-state index contributed by atoms with van der Waals surface area (Å²) in [6, 6.07) is 4.55. The van der Waals surface area contributed by atoms with Crippen molar-refractivity contribution in [3.8, 4) is 0 Å². The van der Waals surface area contributed by atoms with E-state index in [-0.39, 0.29) is 12.6 Å². The van der Waals surface area contributed by atoms with Crippen LogP contribution in [-0.4, -0.2) is 18.3 Å². The van der Waals surface area contributed by atoms with Gasteiger partial charge >= 0.3 is 6.18 Å². The van der Waals surface area contributed by atoms with Crippen LogP contribution in [0.2, 0.25) is 0 Å². The van der Waals surface area contributed by atoms with Crippen LogP contribution in [0.15, 0.2) is 24.3 Å². The van der Waals surface area contributed by atoms with Crippen molar-refractivity contribution in [3.05, 3.63) is 35.4 Å². The van der Waals surface area contributed by atoms with Crippen molar-refractivity contribution in [2.45, 2.75) is 26.1 Å². The molecule has 0 aliphatic carbocycles. The van der Waals surface area contributed by atoms with Gasteiger partial charge in [0.05, 0.1) is 18.2 Å². The Morgan fingerprint density at radius 3 is 2.11 bits per heavy atom. The number of hydrogen-bond donors (Lipinski definition) is 2. The number of halogens is 3. The van der Waals surface area contributed by atoms with E-state index in [4.69, 9.17) is 0 Å². The smallest absolute Gasteiger partial charge is 0.394 e. The Kier molecular flexibility index (Phi) is 5.16. The van der Waals surface area contributed by atoms with Gasteiger partial charge in [0.2, 0.25) is 0 Å². The summed E-state index contributed by atoms with van der Waals surface area (Å²) in [5, 5.41) is 12.3. The summed E-state index contributed by atoms with van der Waals surface area (Å²) in [6.45, 7) is 4.60. The predicted octanol–water partition coefficient (Wildman–Crippen LogP) is 2.98. The maximum atomic E-state index is 12.4. The fraction of sp³-hybridized carbons (Fsp3) is 0.538. The van der Waals surface area contributed by atoms with Crippen molar-refractivity contribution < 1.29 is 18.3 Å². The highest BCUT2D eigenvalue weighted by molar-refractivity contribution is 5.26. The van der Waals surface area contributed by atoms with Gasteiger partial charge in [-0.25, -0.2) is 0 Å². The van der Waals surface area contributed by atoms with E-state index in [0.29, 0.717) is 18.0 Å². The van der Waals surface area contributed by atoms with Gasteiger partial charge in [-0.3, -0.25) is 0 Å². The lowest BCUT2D eigenvalue weighted by Crippen LogP contribution is -2.28. The summed E-state index contributed by atoms with van der Waals surface area (Å²) >= 11 is 0. The second kappa shape index (κ2) is 6.20. The lowest BCUT2D eigenvalue weighted by atomic mass is 10.0. The largest absolute Gasteiger partial charge is 0.416 e. The van der Waals surface area contributed by atoms with Gasteiger partial charge in [0, 0.05) is 0 Å².